The van der Waals surface area contributed by atoms with Crippen molar-refractivity contribution in [3.8, 4) is 0 Å². The molecule has 0 aliphatic carbocycles. The molecule has 108 valence electrons. The van der Waals surface area contributed by atoms with E-state index < -0.39 is 0 Å². The largest absolute Gasteiger partial charge is 0.372 e. The molecule has 0 aliphatic heterocycles. The van der Waals surface area contributed by atoms with E-state index in [0.29, 0.717) is 5.92 Å². The molecule has 1 unspecified atom stereocenters. The lowest BCUT2D eigenvalue weighted by Gasteiger charge is -2.22. The predicted octanol–water partition coefficient (Wildman–Crippen LogP) is 5.61. The van der Waals surface area contributed by atoms with Gasteiger partial charge in [0.2, 0.25) is 0 Å². The van der Waals surface area contributed by atoms with Crippen LogP contribution in [0.4, 0.5) is 5.69 Å². The van der Waals surface area contributed by atoms with Gasteiger partial charge in [-0.15, -0.1) is 0 Å². The first-order valence-electron chi connectivity index (χ1n) is 8.07. The first kappa shape index (κ1) is 16.1. The smallest absolute Gasteiger partial charge is 0.0366 e. The van der Waals surface area contributed by atoms with Gasteiger partial charge in [0.1, 0.15) is 0 Å². The molecule has 0 heterocycles. The molecule has 19 heavy (non-hydrogen) atoms. The molecule has 0 radical (unpaired) electrons. The van der Waals surface area contributed by atoms with Crippen LogP contribution in [-0.2, 0) is 0 Å². The average molecular weight is 261 g/mol. The van der Waals surface area contributed by atoms with E-state index in [4.69, 9.17) is 0 Å². The minimum atomic E-state index is 0.697. The van der Waals surface area contributed by atoms with Crippen LogP contribution in [0, 0.1) is 0 Å². The summed E-state index contributed by atoms with van der Waals surface area (Å²) in [6.07, 6.45) is 6.79. The Morgan fingerprint density at radius 1 is 0.895 bits per heavy atom. The molecule has 1 aromatic carbocycles. The van der Waals surface area contributed by atoms with Crippen LogP contribution in [0.15, 0.2) is 24.3 Å². The molecule has 0 aliphatic rings. The van der Waals surface area contributed by atoms with Gasteiger partial charge in [-0.25, -0.2) is 0 Å². The predicted molar refractivity (Wildman–Crippen MR) is 87.2 cm³/mol. The summed E-state index contributed by atoms with van der Waals surface area (Å²) < 4.78 is 0. The zero-order valence-electron chi connectivity index (χ0n) is 13.3. The molecule has 0 saturated heterocycles. The van der Waals surface area contributed by atoms with Gasteiger partial charge in [0, 0.05) is 18.8 Å². The second kappa shape index (κ2) is 9.01. The van der Waals surface area contributed by atoms with Gasteiger partial charge in [-0.2, -0.15) is 0 Å². The van der Waals surface area contributed by atoms with E-state index in [1.807, 2.05) is 0 Å². The van der Waals surface area contributed by atoms with Crippen molar-refractivity contribution in [3.05, 3.63) is 29.8 Å². The van der Waals surface area contributed by atoms with Crippen molar-refractivity contribution in [2.45, 2.75) is 65.7 Å². The van der Waals surface area contributed by atoms with Crippen molar-refractivity contribution in [2.24, 2.45) is 0 Å². The molecule has 0 bridgehead atoms. The Balaban J connectivity index is 2.50. The minimum Gasteiger partial charge on any atom is -0.372 e. The third kappa shape index (κ3) is 5.26. The standard InChI is InChI=1S/C18H31N/c1-5-8-9-10-11-16(4)17-12-14-18(15-13-17)19(6-2)7-3/h12-16H,5-11H2,1-4H3. The van der Waals surface area contributed by atoms with Crippen molar-refractivity contribution in [1.82, 2.24) is 0 Å². The van der Waals surface area contributed by atoms with Crippen LogP contribution in [0.1, 0.15) is 71.3 Å². The maximum Gasteiger partial charge on any atom is 0.0366 e. The highest BCUT2D eigenvalue weighted by molar-refractivity contribution is 5.47. The van der Waals surface area contributed by atoms with Crippen molar-refractivity contribution >= 4 is 5.69 Å². The van der Waals surface area contributed by atoms with Gasteiger partial charge in [-0.1, -0.05) is 51.7 Å². The van der Waals surface area contributed by atoms with E-state index in [9.17, 15) is 0 Å². The quantitative estimate of drug-likeness (QED) is 0.522. The van der Waals surface area contributed by atoms with Crippen LogP contribution in [0.3, 0.4) is 0 Å². The number of hydrogen-bond donors (Lipinski definition) is 0. The summed E-state index contributed by atoms with van der Waals surface area (Å²) in [5, 5.41) is 0. The third-order valence-electron chi connectivity index (χ3n) is 4.08. The fraction of sp³-hybridized carbons (Fsp3) is 0.667. The Morgan fingerprint density at radius 3 is 2.05 bits per heavy atom. The molecule has 1 aromatic rings. The Bertz CT molecular complexity index is 324. The fourth-order valence-corrected chi connectivity index (χ4v) is 2.65. The van der Waals surface area contributed by atoms with Crippen molar-refractivity contribution < 1.29 is 0 Å². The van der Waals surface area contributed by atoms with Gasteiger partial charge >= 0.3 is 0 Å². The van der Waals surface area contributed by atoms with Crippen molar-refractivity contribution in [1.29, 1.82) is 0 Å². The Morgan fingerprint density at radius 2 is 1.53 bits per heavy atom. The molecule has 1 nitrogen and oxygen atoms in total. The highest BCUT2D eigenvalue weighted by Gasteiger charge is 2.06. The van der Waals surface area contributed by atoms with Crippen LogP contribution >= 0.6 is 0 Å². The van der Waals surface area contributed by atoms with Crippen LogP contribution in [-0.4, -0.2) is 13.1 Å². The zero-order valence-corrected chi connectivity index (χ0v) is 13.3. The second-order valence-corrected chi connectivity index (χ2v) is 5.51. The number of anilines is 1. The molecule has 1 heteroatoms. The number of rotatable bonds is 9. The van der Waals surface area contributed by atoms with E-state index in [2.05, 4.69) is 56.9 Å². The van der Waals surface area contributed by atoms with Gasteiger partial charge < -0.3 is 4.90 Å². The van der Waals surface area contributed by atoms with Gasteiger partial charge in [0.25, 0.3) is 0 Å². The second-order valence-electron chi connectivity index (χ2n) is 5.51. The Hall–Kier alpha value is -0.980. The SMILES string of the molecule is CCCCCCC(C)c1ccc(N(CC)CC)cc1. The molecule has 1 rings (SSSR count). The third-order valence-corrected chi connectivity index (χ3v) is 4.08. The summed E-state index contributed by atoms with van der Waals surface area (Å²) in [5.41, 5.74) is 2.85. The summed E-state index contributed by atoms with van der Waals surface area (Å²) in [4.78, 5) is 2.40. The average Bonchev–Trinajstić information content (AvgIpc) is 2.45. The van der Waals surface area contributed by atoms with Gasteiger partial charge in [0.15, 0.2) is 0 Å². The Kier molecular flexibility index (Phi) is 7.62. The van der Waals surface area contributed by atoms with Crippen LogP contribution in [0.5, 0.6) is 0 Å². The van der Waals surface area contributed by atoms with Crippen LogP contribution < -0.4 is 4.90 Å². The topological polar surface area (TPSA) is 3.24 Å². The molecule has 0 fully saturated rings. The zero-order chi connectivity index (χ0) is 14.1. The van der Waals surface area contributed by atoms with Crippen molar-refractivity contribution in [3.63, 3.8) is 0 Å². The number of benzene rings is 1. The van der Waals surface area contributed by atoms with Crippen molar-refractivity contribution in [2.75, 3.05) is 18.0 Å². The maximum absolute atomic E-state index is 2.40. The fourth-order valence-electron chi connectivity index (χ4n) is 2.65. The molecule has 0 amide bonds. The molecule has 0 saturated carbocycles. The lowest BCUT2D eigenvalue weighted by Crippen LogP contribution is -2.21. The molecular formula is C18H31N. The van der Waals surface area contributed by atoms with E-state index in [-0.39, 0.29) is 0 Å². The summed E-state index contributed by atoms with van der Waals surface area (Å²) in [6, 6.07) is 9.20. The number of nitrogens with zero attached hydrogens (tertiary/aromatic N) is 1. The number of hydrogen-bond acceptors (Lipinski definition) is 1. The van der Waals surface area contributed by atoms with Gasteiger partial charge in [-0.05, 0) is 43.9 Å². The van der Waals surface area contributed by atoms with Crippen LogP contribution in [0.25, 0.3) is 0 Å². The molecule has 0 spiro atoms. The van der Waals surface area contributed by atoms with E-state index in [0.717, 1.165) is 13.1 Å². The maximum atomic E-state index is 2.40. The summed E-state index contributed by atoms with van der Waals surface area (Å²) in [5.74, 6) is 0.697. The molecule has 1 atom stereocenters. The highest BCUT2D eigenvalue weighted by Crippen LogP contribution is 2.24. The molecular weight excluding hydrogens is 230 g/mol. The van der Waals surface area contributed by atoms with Crippen LogP contribution in [0.2, 0.25) is 0 Å². The van der Waals surface area contributed by atoms with E-state index in [1.165, 1.54) is 43.4 Å². The summed E-state index contributed by atoms with van der Waals surface area (Å²) in [7, 11) is 0. The lowest BCUT2D eigenvalue weighted by molar-refractivity contribution is 0.580. The highest BCUT2D eigenvalue weighted by atomic mass is 15.1. The van der Waals surface area contributed by atoms with E-state index in [1.54, 1.807) is 0 Å². The lowest BCUT2D eigenvalue weighted by atomic mass is 9.94. The number of unbranched alkanes of at least 4 members (excludes halogenated alkanes) is 3. The minimum absolute atomic E-state index is 0.697. The molecule has 0 aromatic heterocycles. The Labute approximate surface area is 120 Å². The van der Waals surface area contributed by atoms with E-state index >= 15 is 0 Å². The van der Waals surface area contributed by atoms with Gasteiger partial charge in [-0.3, -0.25) is 0 Å². The normalized spacial score (nSPS) is 12.4. The first-order valence-corrected chi connectivity index (χ1v) is 8.07. The summed E-state index contributed by atoms with van der Waals surface area (Å²) >= 11 is 0. The monoisotopic (exact) mass is 261 g/mol. The van der Waals surface area contributed by atoms with Gasteiger partial charge in [0.05, 0.1) is 0 Å². The summed E-state index contributed by atoms with van der Waals surface area (Å²) in [6.45, 7) is 11.2. The molecule has 0 N–H and O–H groups in total. The first-order chi connectivity index (χ1) is 9.22.